The van der Waals surface area contributed by atoms with Crippen molar-refractivity contribution < 1.29 is 33.6 Å². The molecular weight excluding hydrogens is 453 g/mol. The maximum absolute atomic E-state index is 14.1. The molecule has 3 N–H and O–H groups in total. The van der Waals surface area contributed by atoms with Crippen molar-refractivity contribution >= 4 is 5.91 Å². The fraction of sp³-hybridized carbons (Fsp3) is 0.519. The van der Waals surface area contributed by atoms with E-state index in [4.69, 9.17) is 14.2 Å². The quantitative estimate of drug-likeness (QED) is 0.503. The standard InChI is InChI=1S/C27H34FNO6/c1-18-6-4-7-19(12-18)16-35-27(26(32)29-15-21-9-5-11-33-21)13-23(30)25(31)24(14-27)34-17-20-8-2-3-10-22(20)28/h2-4,6-8,10,12,21,23-25,30-31H,5,9,11,13-17H2,1H3,(H,29,32)/t21?,23-,24?,25-,27+/m1/s1. The number of nitrogens with one attached hydrogen (secondary N) is 1. The van der Waals surface area contributed by atoms with Gasteiger partial charge in [0.25, 0.3) is 5.91 Å². The Labute approximate surface area is 205 Å². The van der Waals surface area contributed by atoms with Crippen LogP contribution < -0.4 is 5.32 Å². The lowest BCUT2D eigenvalue weighted by Crippen LogP contribution is -2.61. The minimum absolute atomic E-state index is 0.0167. The van der Waals surface area contributed by atoms with Gasteiger partial charge in [0.05, 0.1) is 31.5 Å². The highest BCUT2D eigenvalue weighted by Gasteiger charge is 2.51. The first-order valence-corrected chi connectivity index (χ1v) is 12.2. The van der Waals surface area contributed by atoms with Gasteiger partial charge in [-0.1, -0.05) is 48.0 Å². The Kier molecular flexibility index (Phi) is 8.51. The highest BCUT2D eigenvalue weighted by molar-refractivity contribution is 5.85. The van der Waals surface area contributed by atoms with Crippen molar-refractivity contribution in [2.45, 2.75) is 75.8 Å². The normalized spacial score (nSPS) is 28.7. The summed E-state index contributed by atoms with van der Waals surface area (Å²) in [6, 6.07) is 14.0. The lowest BCUT2D eigenvalue weighted by Gasteiger charge is -2.44. The summed E-state index contributed by atoms with van der Waals surface area (Å²) in [7, 11) is 0. The SMILES string of the molecule is Cc1cccc(CO[C@]2(C(=O)NCC3CCCO3)CC(OCc3ccccc3F)[C@H](O)[C@H](O)C2)c1. The molecule has 2 aromatic carbocycles. The molecule has 0 aromatic heterocycles. The van der Waals surface area contributed by atoms with Gasteiger partial charge in [-0.3, -0.25) is 4.79 Å². The van der Waals surface area contributed by atoms with Gasteiger partial charge >= 0.3 is 0 Å². The number of hydrogen-bond donors (Lipinski definition) is 3. The molecule has 1 saturated carbocycles. The molecule has 2 unspecified atom stereocenters. The van der Waals surface area contributed by atoms with Crippen molar-refractivity contribution in [2.75, 3.05) is 13.2 Å². The van der Waals surface area contributed by atoms with Gasteiger partial charge in [-0.25, -0.2) is 4.39 Å². The van der Waals surface area contributed by atoms with E-state index in [2.05, 4.69) is 5.32 Å². The monoisotopic (exact) mass is 487 g/mol. The van der Waals surface area contributed by atoms with E-state index in [1.54, 1.807) is 18.2 Å². The van der Waals surface area contributed by atoms with E-state index < -0.39 is 29.7 Å². The molecule has 0 radical (unpaired) electrons. The predicted octanol–water partition coefficient (Wildman–Crippen LogP) is 2.79. The number of hydrogen-bond acceptors (Lipinski definition) is 6. The molecule has 7 nitrogen and oxygen atoms in total. The smallest absolute Gasteiger partial charge is 0.252 e. The van der Waals surface area contributed by atoms with Crippen LogP contribution in [0, 0.1) is 12.7 Å². The molecule has 0 spiro atoms. The van der Waals surface area contributed by atoms with Crippen molar-refractivity contribution in [3.8, 4) is 0 Å². The van der Waals surface area contributed by atoms with Crippen LogP contribution in [0.1, 0.15) is 42.4 Å². The number of aliphatic hydroxyl groups excluding tert-OH is 2. The first-order chi connectivity index (χ1) is 16.9. The van der Waals surface area contributed by atoms with Crippen molar-refractivity contribution in [3.05, 3.63) is 71.0 Å². The van der Waals surface area contributed by atoms with Crippen LogP contribution in [0.5, 0.6) is 0 Å². The number of rotatable bonds is 9. The van der Waals surface area contributed by atoms with Crippen LogP contribution >= 0.6 is 0 Å². The number of aryl methyl sites for hydroxylation is 1. The van der Waals surface area contributed by atoms with E-state index in [-0.39, 0.29) is 38.1 Å². The van der Waals surface area contributed by atoms with Gasteiger partial charge in [0.15, 0.2) is 5.60 Å². The molecule has 4 rings (SSSR count). The lowest BCUT2D eigenvalue weighted by molar-refractivity contribution is -0.200. The summed E-state index contributed by atoms with van der Waals surface area (Å²) in [5.41, 5.74) is 0.851. The number of carbonyl (C=O) groups is 1. The van der Waals surface area contributed by atoms with Gasteiger partial charge in [0.1, 0.15) is 11.9 Å². The Morgan fingerprint density at radius 3 is 2.74 bits per heavy atom. The van der Waals surface area contributed by atoms with Crippen LogP contribution in [0.25, 0.3) is 0 Å². The molecule has 1 heterocycles. The Hall–Kier alpha value is -2.36. The number of amides is 1. The third-order valence-electron chi connectivity index (χ3n) is 6.78. The van der Waals surface area contributed by atoms with Crippen molar-refractivity contribution in [1.29, 1.82) is 0 Å². The summed E-state index contributed by atoms with van der Waals surface area (Å²) in [5, 5.41) is 24.3. The minimum Gasteiger partial charge on any atom is -0.390 e. The number of benzene rings is 2. The first kappa shape index (κ1) is 25.7. The summed E-state index contributed by atoms with van der Waals surface area (Å²) < 4.78 is 31.8. The number of aliphatic hydroxyl groups is 2. The first-order valence-electron chi connectivity index (χ1n) is 12.2. The second kappa shape index (κ2) is 11.6. The molecule has 1 saturated heterocycles. The average Bonchev–Trinajstić information content (AvgIpc) is 3.37. The summed E-state index contributed by atoms with van der Waals surface area (Å²) in [4.78, 5) is 13.5. The van der Waals surface area contributed by atoms with E-state index in [0.717, 1.165) is 24.0 Å². The molecule has 0 bridgehead atoms. The van der Waals surface area contributed by atoms with E-state index >= 15 is 0 Å². The third kappa shape index (κ3) is 6.45. The van der Waals surface area contributed by atoms with Crippen molar-refractivity contribution in [3.63, 3.8) is 0 Å². The Morgan fingerprint density at radius 2 is 2.00 bits per heavy atom. The zero-order chi connectivity index (χ0) is 24.8. The fourth-order valence-electron chi connectivity index (χ4n) is 4.77. The number of halogens is 1. The maximum Gasteiger partial charge on any atom is 0.252 e. The van der Waals surface area contributed by atoms with Crippen LogP contribution in [0.2, 0.25) is 0 Å². The minimum atomic E-state index is -1.43. The predicted molar refractivity (Wildman–Crippen MR) is 127 cm³/mol. The van der Waals surface area contributed by atoms with Crippen LogP contribution in [-0.4, -0.2) is 59.3 Å². The Balaban J connectivity index is 1.52. The van der Waals surface area contributed by atoms with Gasteiger partial charge in [-0.05, 0) is 31.4 Å². The van der Waals surface area contributed by atoms with E-state index in [1.165, 1.54) is 6.07 Å². The van der Waals surface area contributed by atoms with Crippen LogP contribution in [0.15, 0.2) is 48.5 Å². The second-order valence-corrected chi connectivity index (χ2v) is 9.52. The zero-order valence-corrected chi connectivity index (χ0v) is 20.0. The molecule has 190 valence electrons. The highest BCUT2D eigenvalue weighted by Crippen LogP contribution is 2.36. The molecule has 1 aliphatic carbocycles. The maximum atomic E-state index is 14.1. The molecule has 8 heteroatoms. The molecule has 2 aliphatic rings. The summed E-state index contributed by atoms with van der Waals surface area (Å²) in [6.45, 7) is 3.03. The largest absolute Gasteiger partial charge is 0.390 e. The third-order valence-corrected chi connectivity index (χ3v) is 6.78. The lowest BCUT2D eigenvalue weighted by atomic mass is 9.78. The Morgan fingerprint density at radius 1 is 1.17 bits per heavy atom. The van der Waals surface area contributed by atoms with E-state index in [1.807, 2.05) is 31.2 Å². The summed E-state index contributed by atoms with van der Waals surface area (Å²) in [5.74, 6) is -0.805. The molecule has 1 amide bonds. The molecule has 5 atom stereocenters. The van der Waals surface area contributed by atoms with Crippen molar-refractivity contribution in [1.82, 2.24) is 5.32 Å². The van der Waals surface area contributed by atoms with Gasteiger partial charge in [-0.2, -0.15) is 0 Å². The average molecular weight is 488 g/mol. The van der Waals surface area contributed by atoms with Crippen LogP contribution in [-0.2, 0) is 32.2 Å². The molecule has 1 aliphatic heterocycles. The van der Waals surface area contributed by atoms with Gasteiger partial charge in [0.2, 0.25) is 0 Å². The van der Waals surface area contributed by atoms with Crippen LogP contribution in [0.4, 0.5) is 4.39 Å². The van der Waals surface area contributed by atoms with Gasteiger partial charge in [0, 0.05) is 31.6 Å². The zero-order valence-electron chi connectivity index (χ0n) is 20.0. The second-order valence-electron chi connectivity index (χ2n) is 9.52. The summed E-state index contributed by atoms with van der Waals surface area (Å²) >= 11 is 0. The fourth-order valence-corrected chi connectivity index (χ4v) is 4.77. The molecule has 35 heavy (non-hydrogen) atoms. The topological polar surface area (TPSA) is 97.3 Å². The molecule has 2 fully saturated rings. The van der Waals surface area contributed by atoms with Crippen LogP contribution in [0.3, 0.4) is 0 Å². The molecule has 2 aromatic rings. The number of carbonyl (C=O) groups excluding carboxylic acids is 1. The highest BCUT2D eigenvalue weighted by atomic mass is 19.1. The number of ether oxygens (including phenoxy) is 3. The van der Waals surface area contributed by atoms with Gasteiger partial charge < -0.3 is 29.7 Å². The Bertz CT molecular complexity index is 997. The van der Waals surface area contributed by atoms with Gasteiger partial charge in [-0.15, -0.1) is 0 Å². The van der Waals surface area contributed by atoms with Crippen molar-refractivity contribution in [2.24, 2.45) is 0 Å². The molecular formula is C27H34FNO6. The summed E-state index contributed by atoms with van der Waals surface area (Å²) in [6.07, 6.45) is -1.72. The van der Waals surface area contributed by atoms with E-state index in [9.17, 15) is 19.4 Å². The van der Waals surface area contributed by atoms with E-state index in [0.29, 0.717) is 18.7 Å².